The van der Waals surface area contributed by atoms with Crippen LogP contribution in [0.3, 0.4) is 0 Å². The lowest BCUT2D eigenvalue weighted by molar-refractivity contribution is -0.122. The lowest BCUT2D eigenvalue weighted by atomic mass is 10.1. The second-order valence-electron chi connectivity index (χ2n) is 6.47. The van der Waals surface area contributed by atoms with Crippen LogP contribution in [0, 0.1) is 0 Å². The summed E-state index contributed by atoms with van der Waals surface area (Å²) in [4.78, 5) is 40.6. The molecule has 0 saturated carbocycles. The largest absolute Gasteiger partial charge is 0.376 e. The number of nitrogens with zero attached hydrogens (tertiary/aromatic N) is 4. The molecular formula is C16H23N5O4. The van der Waals surface area contributed by atoms with Gasteiger partial charge >= 0.3 is 5.69 Å². The molecule has 2 aromatic heterocycles. The zero-order valence-electron chi connectivity index (χ0n) is 14.7. The van der Waals surface area contributed by atoms with Gasteiger partial charge in [-0.3, -0.25) is 18.7 Å². The number of amides is 1. The van der Waals surface area contributed by atoms with Crippen LogP contribution in [0.25, 0.3) is 11.2 Å². The van der Waals surface area contributed by atoms with Crippen LogP contribution in [-0.4, -0.2) is 43.3 Å². The van der Waals surface area contributed by atoms with E-state index in [2.05, 4.69) is 10.3 Å². The Bertz CT molecular complexity index is 904. The minimum absolute atomic E-state index is 0.0387. The topological polar surface area (TPSA) is 100 Å². The summed E-state index contributed by atoms with van der Waals surface area (Å²) >= 11 is 0. The molecule has 2 unspecified atom stereocenters. The Morgan fingerprint density at radius 1 is 1.40 bits per heavy atom. The number of aromatic nitrogens is 4. The lowest BCUT2D eigenvalue weighted by Gasteiger charge is -2.20. The average molecular weight is 349 g/mol. The first kappa shape index (κ1) is 17.4. The first-order valence-electron chi connectivity index (χ1n) is 8.42. The monoisotopic (exact) mass is 349 g/mol. The molecule has 1 fully saturated rings. The Hall–Kier alpha value is -2.42. The minimum Gasteiger partial charge on any atom is -0.376 e. The fraction of sp³-hybridized carbons (Fsp3) is 0.625. The summed E-state index contributed by atoms with van der Waals surface area (Å²) in [6.45, 7) is 2.99. The Kier molecular flexibility index (Phi) is 4.76. The highest BCUT2D eigenvalue weighted by Crippen LogP contribution is 2.15. The molecule has 1 aliphatic heterocycles. The Morgan fingerprint density at radius 2 is 2.16 bits per heavy atom. The van der Waals surface area contributed by atoms with Gasteiger partial charge in [0, 0.05) is 33.7 Å². The molecule has 1 N–H and O–H groups in total. The molecule has 2 aromatic rings. The molecule has 0 bridgehead atoms. The van der Waals surface area contributed by atoms with Gasteiger partial charge in [0.1, 0.15) is 0 Å². The van der Waals surface area contributed by atoms with Gasteiger partial charge in [-0.05, 0) is 19.8 Å². The average Bonchev–Trinajstić information content (AvgIpc) is 3.25. The molecule has 0 radical (unpaired) electrons. The van der Waals surface area contributed by atoms with Crippen LogP contribution < -0.4 is 16.6 Å². The van der Waals surface area contributed by atoms with Gasteiger partial charge in [-0.1, -0.05) is 0 Å². The van der Waals surface area contributed by atoms with Crippen molar-refractivity contribution < 1.29 is 9.53 Å². The van der Waals surface area contributed by atoms with E-state index in [9.17, 15) is 14.4 Å². The van der Waals surface area contributed by atoms with Crippen molar-refractivity contribution in [3.63, 3.8) is 0 Å². The summed E-state index contributed by atoms with van der Waals surface area (Å²) in [6, 6.07) is -0.0387. The predicted molar refractivity (Wildman–Crippen MR) is 91.4 cm³/mol. The van der Waals surface area contributed by atoms with Crippen molar-refractivity contribution in [1.29, 1.82) is 0 Å². The van der Waals surface area contributed by atoms with Gasteiger partial charge in [0.25, 0.3) is 5.56 Å². The highest BCUT2D eigenvalue weighted by molar-refractivity contribution is 5.76. The fourth-order valence-electron chi connectivity index (χ4n) is 3.20. The Morgan fingerprint density at radius 3 is 2.84 bits per heavy atom. The van der Waals surface area contributed by atoms with Crippen LogP contribution in [0.2, 0.25) is 0 Å². The van der Waals surface area contributed by atoms with E-state index in [4.69, 9.17) is 4.74 Å². The zero-order chi connectivity index (χ0) is 18.1. The van der Waals surface area contributed by atoms with Gasteiger partial charge in [-0.2, -0.15) is 0 Å². The molecule has 2 atom stereocenters. The van der Waals surface area contributed by atoms with Crippen molar-refractivity contribution in [3.8, 4) is 0 Å². The number of imidazole rings is 1. The van der Waals surface area contributed by atoms with Gasteiger partial charge in [-0.25, -0.2) is 9.78 Å². The van der Waals surface area contributed by atoms with Crippen LogP contribution >= 0.6 is 0 Å². The van der Waals surface area contributed by atoms with Crippen molar-refractivity contribution >= 4 is 17.1 Å². The highest BCUT2D eigenvalue weighted by Gasteiger charge is 2.23. The SMILES string of the molecule is CC(NC(=O)CCn1cnc2c1c(=O)n(C)c(=O)n2C)C1CCCO1. The Labute approximate surface area is 144 Å². The molecule has 3 heterocycles. The molecule has 1 amide bonds. The number of hydrogen-bond acceptors (Lipinski definition) is 5. The highest BCUT2D eigenvalue weighted by atomic mass is 16.5. The maximum Gasteiger partial charge on any atom is 0.332 e. The molecule has 9 heteroatoms. The predicted octanol–water partition coefficient (Wildman–Crippen LogP) is -0.492. The van der Waals surface area contributed by atoms with E-state index in [0.717, 1.165) is 24.0 Å². The van der Waals surface area contributed by atoms with E-state index in [1.165, 1.54) is 17.9 Å². The molecule has 0 aliphatic carbocycles. The molecule has 3 rings (SSSR count). The number of nitrogens with one attached hydrogen (secondary N) is 1. The van der Waals surface area contributed by atoms with Gasteiger partial charge < -0.3 is 14.6 Å². The summed E-state index contributed by atoms with van der Waals surface area (Å²) in [6.07, 6.45) is 3.75. The second-order valence-corrected chi connectivity index (χ2v) is 6.47. The van der Waals surface area contributed by atoms with Crippen LogP contribution in [0.4, 0.5) is 0 Å². The zero-order valence-corrected chi connectivity index (χ0v) is 14.7. The fourth-order valence-corrected chi connectivity index (χ4v) is 3.20. The summed E-state index contributed by atoms with van der Waals surface area (Å²) in [5, 5.41) is 2.94. The number of ether oxygens (including phenoxy) is 1. The van der Waals surface area contributed by atoms with Crippen LogP contribution in [0.1, 0.15) is 26.2 Å². The summed E-state index contributed by atoms with van der Waals surface area (Å²) in [5.41, 5.74) is -0.194. The third-order valence-corrected chi connectivity index (χ3v) is 4.71. The number of hydrogen-bond donors (Lipinski definition) is 1. The summed E-state index contributed by atoms with van der Waals surface area (Å²) < 4.78 is 9.56. The number of carbonyl (C=O) groups excluding carboxylic acids is 1. The van der Waals surface area contributed by atoms with E-state index >= 15 is 0 Å². The van der Waals surface area contributed by atoms with E-state index < -0.39 is 11.2 Å². The Balaban J connectivity index is 1.72. The van der Waals surface area contributed by atoms with Gasteiger partial charge in [-0.15, -0.1) is 0 Å². The third kappa shape index (κ3) is 3.23. The summed E-state index contributed by atoms with van der Waals surface area (Å²) in [7, 11) is 2.99. The van der Waals surface area contributed by atoms with Crippen LogP contribution in [-0.2, 0) is 30.2 Å². The number of carbonyl (C=O) groups is 1. The third-order valence-electron chi connectivity index (χ3n) is 4.71. The quantitative estimate of drug-likeness (QED) is 0.785. The van der Waals surface area contributed by atoms with Crippen molar-refractivity contribution in [1.82, 2.24) is 24.0 Å². The molecule has 25 heavy (non-hydrogen) atoms. The lowest BCUT2D eigenvalue weighted by Crippen LogP contribution is -2.41. The standard InChI is InChI=1S/C16H23N5O4/c1-10(11-5-4-8-25-11)18-12(22)6-7-21-9-17-14-13(21)15(23)20(3)16(24)19(14)2/h9-11H,4-8H2,1-3H3,(H,18,22). The molecule has 0 aromatic carbocycles. The number of rotatable bonds is 5. The van der Waals surface area contributed by atoms with Crippen molar-refractivity contribution in [3.05, 3.63) is 27.2 Å². The molecule has 1 aliphatic rings. The first-order valence-corrected chi connectivity index (χ1v) is 8.42. The maximum atomic E-state index is 12.4. The first-order chi connectivity index (χ1) is 11.9. The maximum absolute atomic E-state index is 12.4. The molecule has 9 nitrogen and oxygen atoms in total. The van der Waals surface area contributed by atoms with E-state index in [0.29, 0.717) is 17.7 Å². The smallest absolute Gasteiger partial charge is 0.332 e. The normalized spacial score (nSPS) is 18.6. The van der Waals surface area contributed by atoms with E-state index in [-0.39, 0.29) is 24.5 Å². The van der Waals surface area contributed by atoms with Gasteiger partial charge in [0.15, 0.2) is 11.2 Å². The molecule has 136 valence electrons. The van der Waals surface area contributed by atoms with Crippen LogP contribution in [0.15, 0.2) is 15.9 Å². The van der Waals surface area contributed by atoms with Gasteiger partial charge in [0.2, 0.25) is 5.91 Å². The molecular weight excluding hydrogens is 326 g/mol. The van der Waals surface area contributed by atoms with Crippen LogP contribution in [0.5, 0.6) is 0 Å². The van der Waals surface area contributed by atoms with E-state index in [1.807, 2.05) is 6.92 Å². The molecule has 1 saturated heterocycles. The minimum atomic E-state index is -0.425. The van der Waals surface area contributed by atoms with Crippen molar-refractivity contribution in [2.45, 2.75) is 44.9 Å². The van der Waals surface area contributed by atoms with Crippen molar-refractivity contribution in [2.24, 2.45) is 14.1 Å². The van der Waals surface area contributed by atoms with E-state index in [1.54, 1.807) is 11.6 Å². The van der Waals surface area contributed by atoms with Gasteiger partial charge in [0.05, 0.1) is 18.5 Å². The second kappa shape index (κ2) is 6.83. The van der Waals surface area contributed by atoms with Crippen molar-refractivity contribution in [2.75, 3.05) is 6.61 Å². The summed E-state index contributed by atoms with van der Waals surface area (Å²) in [5.74, 6) is -0.105. The molecule has 0 spiro atoms. The number of fused-ring (bicyclic) bond motifs is 1. The number of aryl methyl sites for hydroxylation is 2.